The molecule has 0 atom stereocenters. The van der Waals surface area contributed by atoms with E-state index < -0.39 is 0 Å². The lowest BCUT2D eigenvalue weighted by molar-refractivity contribution is 0.309. The predicted octanol–water partition coefficient (Wildman–Crippen LogP) is 6.19. The minimum atomic E-state index is 0.219. The van der Waals surface area contributed by atoms with Gasteiger partial charge in [0, 0.05) is 53.1 Å². The summed E-state index contributed by atoms with van der Waals surface area (Å²) in [6, 6.07) is 9.81. The number of halogens is 1. The number of ether oxygens (including phenoxy) is 1. The van der Waals surface area contributed by atoms with Gasteiger partial charge >= 0.3 is 0 Å². The zero-order chi connectivity index (χ0) is 21.5. The second-order valence-corrected chi connectivity index (χ2v) is 6.85. The lowest BCUT2D eigenvalue weighted by Crippen LogP contribution is -2.08. The van der Waals surface area contributed by atoms with Crippen LogP contribution in [-0.2, 0) is 6.61 Å². The van der Waals surface area contributed by atoms with E-state index in [0.717, 1.165) is 33.4 Å². The number of pyridine rings is 2. The second kappa shape index (κ2) is 9.73. The van der Waals surface area contributed by atoms with Crippen molar-refractivity contribution in [2.24, 2.45) is 0 Å². The molecule has 6 heteroatoms. The van der Waals surface area contributed by atoms with E-state index in [1.54, 1.807) is 24.7 Å². The summed E-state index contributed by atoms with van der Waals surface area (Å²) in [6.45, 7) is 8.03. The molecule has 3 aromatic rings. The highest BCUT2D eigenvalue weighted by atomic mass is 35.5. The van der Waals surface area contributed by atoms with Gasteiger partial charge in [-0.05, 0) is 32.1 Å². The highest BCUT2D eigenvalue weighted by Gasteiger charge is 2.13. The number of allylic oxidation sites excluding steroid dienone is 2. The molecule has 0 saturated heterocycles. The number of hydrogen-bond acceptors (Lipinski definition) is 5. The summed E-state index contributed by atoms with van der Waals surface area (Å²) < 4.78 is 6.14. The fourth-order valence-corrected chi connectivity index (χ4v) is 3.33. The zero-order valence-electron chi connectivity index (χ0n) is 16.8. The number of hydrogen-bond donors (Lipinski definition) is 0. The highest BCUT2D eigenvalue weighted by molar-refractivity contribution is 6.31. The van der Waals surface area contributed by atoms with Crippen LogP contribution in [0.15, 0.2) is 67.8 Å². The molecule has 0 bridgehead atoms. The van der Waals surface area contributed by atoms with E-state index in [0.29, 0.717) is 10.8 Å². The molecule has 0 fully saturated rings. The van der Waals surface area contributed by atoms with Crippen molar-refractivity contribution >= 4 is 34.3 Å². The van der Waals surface area contributed by atoms with Gasteiger partial charge in [-0.3, -0.25) is 4.98 Å². The van der Waals surface area contributed by atoms with Crippen LogP contribution < -0.4 is 9.64 Å². The Morgan fingerprint density at radius 1 is 1.33 bits per heavy atom. The molecule has 1 aromatic carbocycles. The van der Waals surface area contributed by atoms with Crippen LogP contribution in [0.1, 0.15) is 23.7 Å². The smallest absolute Gasteiger partial charge is 0.146 e. The summed E-state index contributed by atoms with van der Waals surface area (Å²) in [6.07, 6.45) is 11.9. The van der Waals surface area contributed by atoms with Crippen molar-refractivity contribution < 1.29 is 4.74 Å². The van der Waals surface area contributed by atoms with Crippen LogP contribution in [0.2, 0.25) is 5.02 Å². The summed E-state index contributed by atoms with van der Waals surface area (Å²) in [5.74, 6) is 0.644. The molecule has 0 aliphatic heterocycles. The summed E-state index contributed by atoms with van der Waals surface area (Å²) in [5, 5.41) is 10.2. The number of anilines is 1. The van der Waals surface area contributed by atoms with Crippen molar-refractivity contribution in [2.75, 3.05) is 4.90 Å². The molecule has 5 nitrogen and oxygen atoms in total. The van der Waals surface area contributed by atoms with Gasteiger partial charge in [-0.25, -0.2) is 4.98 Å². The van der Waals surface area contributed by atoms with Gasteiger partial charge in [-0.15, -0.1) is 0 Å². The molecule has 3 rings (SSSR count). The highest BCUT2D eigenvalue weighted by Crippen LogP contribution is 2.33. The van der Waals surface area contributed by atoms with Gasteiger partial charge in [-0.1, -0.05) is 36.4 Å². The largest absolute Gasteiger partial charge is 0.487 e. The summed E-state index contributed by atoms with van der Waals surface area (Å²) >= 11 is 6.34. The first-order valence-electron chi connectivity index (χ1n) is 9.34. The Morgan fingerprint density at radius 3 is 2.90 bits per heavy atom. The van der Waals surface area contributed by atoms with Crippen molar-refractivity contribution in [3.05, 3.63) is 89.6 Å². The fourth-order valence-electron chi connectivity index (χ4n) is 3.11. The molecule has 0 aliphatic carbocycles. The van der Waals surface area contributed by atoms with E-state index >= 15 is 0 Å². The van der Waals surface area contributed by atoms with Crippen molar-refractivity contribution in [2.45, 2.75) is 20.5 Å². The van der Waals surface area contributed by atoms with Crippen LogP contribution in [-0.4, -0.2) is 9.97 Å². The normalized spacial score (nSPS) is 11.1. The Hall–Kier alpha value is -3.62. The molecule has 0 aliphatic rings. The van der Waals surface area contributed by atoms with Crippen LogP contribution >= 0.6 is 11.6 Å². The minimum absolute atomic E-state index is 0.219. The van der Waals surface area contributed by atoms with Gasteiger partial charge in [-0.2, -0.15) is 5.26 Å². The number of benzene rings is 1. The molecule has 2 aromatic heterocycles. The maximum atomic E-state index is 8.82. The van der Waals surface area contributed by atoms with Crippen LogP contribution in [0.5, 0.6) is 5.75 Å². The molecule has 0 N–H and O–H groups in total. The second-order valence-electron chi connectivity index (χ2n) is 6.45. The first kappa shape index (κ1) is 21.1. The van der Waals surface area contributed by atoms with Crippen LogP contribution in [0.3, 0.4) is 0 Å². The third-order valence-corrected chi connectivity index (χ3v) is 4.77. The maximum absolute atomic E-state index is 8.82. The molecule has 0 saturated carbocycles. The Morgan fingerprint density at radius 2 is 2.17 bits per heavy atom. The van der Waals surface area contributed by atoms with E-state index in [1.165, 1.54) is 6.08 Å². The van der Waals surface area contributed by atoms with Gasteiger partial charge in [0.1, 0.15) is 17.9 Å². The average Bonchev–Trinajstić information content (AvgIpc) is 2.75. The van der Waals surface area contributed by atoms with Gasteiger partial charge in [0.2, 0.25) is 0 Å². The first-order valence-corrected chi connectivity index (χ1v) is 9.72. The summed E-state index contributed by atoms with van der Waals surface area (Å²) in [4.78, 5) is 10.7. The number of aryl methyl sites for hydroxylation is 1. The molecular formula is C24H21ClN4O. The Bertz CT molecular complexity index is 1180. The quantitative estimate of drug-likeness (QED) is 0.429. The molecule has 30 heavy (non-hydrogen) atoms. The first-order chi connectivity index (χ1) is 14.6. The topological polar surface area (TPSA) is 62.0 Å². The van der Waals surface area contributed by atoms with Crippen LogP contribution in [0, 0.1) is 18.3 Å². The Kier molecular flexibility index (Phi) is 6.84. The molecule has 0 spiro atoms. The fraction of sp³-hybridized carbons (Fsp3) is 0.125. The SMILES string of the molecule is C=CN(/C=C\C)c1cc(C)nc2c(OCc3c(Cl)cncc3/C=C/C#N)cccc12. The molecule has 0 amide bonds. The van der Waals surface area contributed by atoms with E-state index in [-0.39, 0.29) is 6.61 Å². The lowest BCUT2D eigenvalue weighted by atomic mass is 10.1. The number of nitriles is 1. The van der Waals surface area contributed by atoms with Gasteiger partial charge in [0.15, 0.2) is 0 Å². The molecule has 150 valence electrons. The van der Waals surface area contributed by atoms with Crippen LogP contribution in [0.4, 0.5) is 5.69 Å². The Balaban J connectivity index is 2.03. The van der Waals surface area contributed by atoms with Gasteiger partial charge in [0.25, 0.3) is 0 Å². The van der Waals surface area contributed by atoms with Crippen molar-refractivity contribution in [3.63, 3.8) is 0 Å². The minimum Gasteiger partial charge on any atom is -0.487 e. The third-order valence-electron chi connectivity index (χ3n) is 4.44. The standard InChI is InChI=1S/C24H21ClN4O/c1-4-12-29(5-2)22-13-17(3)28-24-19(22)9-6-10-23(24)30-16-20-18(8-7-11-26)14-27-15-21(20)25/h4-10,12-15H,2,16H2,1,3H3/b8-7+,12-4-. The van der Waals surface area contributed by atoms with Crippen molar-refractivity contribution in [1.29, 1.82) is 5.26 Å². The number of aromatic nitrogens is 2. The Labute approximate surface area is 181 Å². The number of nitrogens with zero attached hydrogens (tertiary/aromatic N) is 4. The van der Waals surface area contributed by atoms with Gasteiger partial charge in [0.05, 0.1) is 16.8 Å². The van der Waals surface area contributed by atoms with E-state index in [9.17, 15) is 0 Å². The van der Waals surface area contributed by atoms with E-state index in [1.807, 2.05) is 61.4 Å². The van der Waals surface area contributed by atoms with Crippen molar-refractivity contribution in [3.8, 4) is 11.8 Å². The van der Waals surface area contributed by atoms with E-state index in [4.69, 9.17) is 26.6 Å². The number of rotatable bonds is 7. The van der Waals surface area contributed by atoms with Crippen LogP contribution in [0.25, 0.3) is 17.0 Å². The predicted molar refractivity (Wildman–Crippen MR) is 122 cm³/mol. The molecular weight excluding hydrogens is 396 g/mol. The summed E-state index contributed by atoms with van der Waals surface area (Å²) in [7, 11) is 0. The van der Waals surface area contributed by atoms with E-state index in [2.05, 4.69) is 11.6 Å². The maximum Gasteiger partial charge on any atom is 0.146 e. The molecule has 0 radical (unpaired) electrons. The molecule has 2 heterocycles. The number of para-hydroxylation sites is 1. The lowest BCUT2D eigenvalue weighted by Gasteiger charge is -2.19. The third kappa shape index (κ3) is 4.51. The number of fused-ring (bicyclic) bond motifs is 1. The average molecular weight is 417 g/mol. The molecule has 0 unspecified atom stereocenters. The van der Waals surface area contributed by atoms with Crippen molar-refractivity contribution in [1.82, 2.24) is 9.97 Å². The summed E-state index contributed by atoms with van der Waals surface area (Å²) in [5.41, 5.74) is 4.08. The zero-order valence-corrected chi connectivity index (χ0v) is 17.6. The van der Waals surface area contributed by atoms with Gasteiger partial charge < -0.3 is 9.64 Å². The monoisotopic (exact) mass is 416 g/mol.